The van der Waals surface area contributed by atoms with E-state index in [4.69, 9.17) is 9.15 Å². The summed E-state index contributed by atoms with van der Waals surface area (Å²) in [6.45, 7) is 0.408. The van der Waals surface area contributed by atoms with Gasteiger partial charge >= 0.3 is 0 Å². The van der Waals surface area contributed by atoms with Crippen LogP contribution in [0.5, 0.6) is 5.75 Å². The molecule has 0 aliphatic carbocycles. The topological polar surface area (TPSA) is 61.0 Å². The third-order valence-corrected chi connectivity index (χ3v) is 5.45. The maximum atomic E-state index is 5.94. The lowest BCUT2D eigenvalue weighted by Gasteiger charge is -2.08. The summed E-state index contributed by atoms with van der Waals surface area (Å²) >= 11 is 1.65. The molecule has 5 rings (SSSR count). The minimum absolute atomic E-state index is 0.408. The maximum Gasteiger partial charge on any atom is 0.248 e. The summed E-state index contributed by atoms with van der Waals surface area (Å²) in [5.74, 6) is 1.26. The van der Waals surface area contributed by atoms with Gasteiger partial charge in [0, 0.05) is 15.8 Å². The molecule has 0 atom stereocenters. The molecule has 3 aromatic heterocycles. The molecule has 0 radical (unpaired) electrons. The summed E-state index contributed by atoms with van der Waals surface area (Å²) < 4.78 is 11.4. The van der Waals surface area contributed by atoms with Crippen molar-refractivity contribution in [2.45, 2.75) is 6.61 Å². The maximum absolute atomic E-state index is 5.94. The average Bonchev–Trinajstić information content (AvgIpc) is 3.51. The van der Waals surface area contributed by atoms with Crippen molar-refractivity contribution in [2.24, 2.45) is 0 Å². The molecular formula is C24H17N3O2S. The predicted molar refractivity (Wildman–Crippen MR) is 118 cm³/mol. The van der Waals surface area contributed by atoms with Crippen LogP contribution in [0.4, 0.5) is 0 Å². The van der Waals surface area contributed by atoms with Crippen molar-refractivity contribution in [3.05, 3.63) is 107 Å². The SMILES string of the molecule is C(=C(c1ccc(OCc2ccc3ccccc3n2)cc1)c1nnco1)c1cccs1. The van der Waals surface area contributed by atoms with E-state index in [1.54, 1.807) is 11.3 Å². The molecule has 6 heteroatoms. The zero-order valence-corrected chi connectivity index (χ0v) is 16.8. The van der Waals surface area contributed by atoms with Crippen molar-refractivity contribution in [2.75, 3.05) is 0 Å². The Hall–Kier alpha value is -3.77. The smallest absolute Gasteiger partial charge is 0.248 e. The van der Waals surface area contributed by atoms with E-state index in [0.29, 0.717) is 12.5 Å². The number of fused-ring (bicyclic) bond motifs is 1. The quantitative estimate of drug-likeness (QED) is 0.351. The Bertz CT molecular complexity index is 1280. The summed E-state index contributed by atoms with van der Waals surface area (Å²) in [5.41, 5.74) is 3.71. The minimum atomic E-state index is 0.408. The molecule has 0 spiro atoms. The van der Waals surface area contributed by atoms with Crippen LogP contribution < -0.4 is 4.74 Å². The van der Waals surface area contributed by atoms with Gasteiger partial charge in [-0.15, -0.1) is 21.5 Å². The molecule has 3 heterocycles. The molecule has 0 saturated heterocycles. The minimum Gasteiger partial charge on any atom is -0.487 e. The van der Waals surface area contributed by atoms with E-state index < -0.39 is 0 Å². The van der Waals surface area contributed by atoms with E-state index in [1.807, 2.05) is 66.1 Å². The number of para-hydroxylation sites is 1. The van der Waals surface area contributed by atoms with Crippen LogP contribution in [-0.2, 0) is 6.61 Å². The number of hydrogen-bond donors (Lipinski definition) is 0. The first-order chi connectivity index (χ1) is 14.8. The first-order valence-electron chi connectivity index (χ1n) is 9.45. The van der Waals surface area contributed by atoms with E-state index in [2.05, 4.69) is 33.4 Å². The number of rotatable bonds is 6. The van der Waals surface area contributed by atoms with Gasteiger partial charge in [0.1, 0.15) is 12.4 Å². The Balaban J connectivity index is 1.35. The van der Waals surface area contributed by atoms with Gasteiger partial charge in [-0.2, -0.15) is 0 Å². The molecule has 0 aliphatic heterocycles. The number of hydrogen-bond acceptors (Lipinski definition) is 6. The van der Waals surface area contributed by atoms with Gasteiger partial charge in [-0.25, -0.2) is 4.98 Å². The first kappa shape index (κ1) is 18.3. The second-order valence-electron chi connectivity index (χ2n) is 6.63. The molecule has 30 heavy (non-hydrogen) atoms. The molecule has 5 nitrogen and oxygen atoms in total. The third kappa shape index (κ3) is 3.99. The van der Waals surface area contributed by atoms with Crippen LogP contribution in [0.25, 0.3) is 22.6 Å². The highest BCUT2D eigenvalue weighted by atomic mass is 32.1. The Morgan fingerprint density at radius 3 is 2.67 bits per heavy atom. The van der Waals surface area contributed by atoms with Gasteiger partial charge in [-0.1, -0.05) is 42.5 Å². The van der Waals surface area contributed by atoms with Crippen LogP contribution in [0.1, 0.15) is 22.0 Å². The van der Waals surface area contributed by atoms with Crippen molar-refractivity contribution >= 4 is 33.9 Å². The molecular weight excluding hydrogens is 394 g/mol. The molecule has 0 saturated carbocycles. The Labute approximate surface area is 177 Å². The van der Waals surface area contributed by atoms with Crippen LogP contribution in [0.3, 0.4) is 0 Å². The van der Waals surface area contributed by atoms with Crippen molar-refractivity contribution in [3.8, 4) is 5.75 Å². The molecule has 0 fully saturated rings. The van der Waals surface area contributed by atoms with Gasteiger partial charge in [0.05, 0.1) is 11.2 Å². The number of nitrogens with zero attached hydrogens (tertiary/aromatic N) is 3. The molecule has 0 N–H and O–H groups in total. The van der Waals surface area contributed by atoms with Gasteiger partial charge in [-0.3, -0.25) is 0 Å². The van der Waals surface area contributed by atoms with Crippen molar-refractivity contribution in [1.82, 2.24) is 15.2 Å². The fourth-order valence-corrected chi connectivity index (χ4v) is 3.81. The molecule has 0 aliphatic rings. The highest BCUT2D eigenvalue weighted by molar-refractivity contribution is 7.10. The Morgan fingerprint density at radius 1 is 0.967 bits per heavy atom. The second kappa shape index (κ2) is 8.31. The Kier molecular flexibility index (Phi) is 5.06. The van der Waals surface area contributed by atoms with Gasteiger partial charge in [0.25, 0.3) is 0 Å². The fraction of sp³-hybridized carbons (Fsp3) is 0.0417. The standard InChI is InChI=1S/C24H17N3O2S/c1-2-6-23-18(4-1)7-10-19(26-23)15-28-20-11-8-17(9-12-20)22(24-27-25-16-29-24)14-21-5-3-13-30-21/h1-14,16H,15H2. The molecule has 0 bridgehead atoms. The largest absolute Gasteiger partial charge is 0.487 e. The van der Waals surface area contributed by atoms with Crippen LogP contribution in [0, 0.1) is 0 Å². The van der Waals surface area contributed by atoms with E-state index in [9.17, 15) is 0 Å². The molecule has 2 aromatic carbocycles. The molecule has 0 amide bonds. The Morgan fingerprint density at radius 2 is 1.87 bits per heavy atom. The second-order valence-corrected chi connectivity index (χ2v) is 7.60. The van der Waals surface area contributed by atoms with E-state index in [-0.39, 0.29) is 0 Å². The van der Waals surface area contributed by atoms with Gasteiger partial charge in [0.15, 0.2) is 0 Å². The van der Waals surface area contributed by atoms with Crippen molar-refractivity contribution in [3.63, 3.8) is 0 Å². The van der Waals surface area contributed by atoms with Gasteiger partial charge in [-0.05, 0) is 47.4 Å². The zero-order valence-electron chi connectivity index (χ0n) is 15.9. The number of thiophene rings is 1. The number of ether oxygens (including phenoxy) is 1. The van der Waals surface area contributed by atoms with E-state index in [0.717, 1.165) is 38.4 Å². The highest BCUT2D eigenvalue weighted by Gasteiger charge is 2.11. The van der Waals surface area contributed by atoms with Crippen molar-refractivity contribution < 1.29 is 9.15 Å². The van der Waals surface area contributed by atoms with Crippen molar-refractivity contribution in [1.29, 1.82) is 0 Å². The number of pyridine rings is 1. The van der Waals surface area contributed by atoms with Crippen LogP contribution >= 0.6 is 11.3 Å². The van der Waals surface area contributed by atoms with E-state index >= 15 is 0 Å². The normalized spacial score (nSPS) is 11.7. The van der Waals surface area contributed by atoms with Crippen LogP contribution in [0.15, 0.2) is 89.0 Å². The predicted octanol–water partition coefficient (Wildman–Crippen LogP) is 5.85. The average molecular weight is 411 g/mol. The lowest BCUT2D eigenvalue weighted by molar-refractivity contribution is 0.302. The lowest BCUT2D eigenvalue weighted by Crippen LogP contribution is -1.98. The number of aromatic nitrogens is 3. The monoisotopic (exact) mass is 411 g/mol. The molecule has 0 unspecified atom stereocenters. The summed E-state index contributed by atoms with van der Waals surface area (Å²) in [5, 5.41) is 11.0. The molecule has 146 valence electrons. The molecule has 5 aromatic rings. The lowest BCUT2D eigenvalue weighted by atomic mass is 10.0. The summed E-state index contributed by atoms with van der Waals surface area (Å²) in [4.78, 5) is 5.77. The highest BCUT2D eigenvalue weighted by Crippen LogP contribution is 2.28. The zero-order chi connectivity index (χ0) is 20.2. The summed E-state index contributed by atoms with van der Waals surface area (Å²) in [6.07, 6.45) is 3.39. The summed E-state index contributed by atoms with van der Waals surface area (Å²) in [6, 6.07) is 24.0. The van der Waals surface area contributed by atoms with Gasteiger partial charge in [0.2, 0.25) is 12.3 Å². The third-order valence-electron chi connectivity index (χ3n) is 4.63. The van der Waals surface area contributed by atoms with Crippen LogP contribution in [0.2, 0.25) is 0 Å². The van der Waals surface area contributed by atoms with Gasteiger partial charge < -0.3 is 9.15 Å². The van der Waals surface area contributed by atoms with E-state index in [1.165, 1.54) is 6.39 Å². The number of benzene rings is 2. The fourth-order valence-electron chi connectivity index (χ4n) is 3.15. The van der Waals surface area contributed by atoms with Crippen LogP contribution in [-0.4, -0.2) is 15.2 Å². The summed E-state index contributed by atoms with van der Waals surface area (Å²) in [7, 11) is 0. The first-order valence-corrected chi connectivity index (χ1v) is 10.3.